The Kier molecular flexibility index (Phi) is 7.62. The van der Waals surface area contributed by atoms with Crippen molar-refractivity contribution >= 4 is 46.9 Å². The lowest BCUT2D eigenvalue weighted by Crippen LogP contribution is -2.53. The SMILES string of the molecule is CCNC(=NCCc1c[nH]c2ncccc12)N1CCN(c2ncccn2)CC1.I. The topological polar surface area (TPSA) is 85.3 Å². The van der Waals surface area contributed by atoms with Crippen LogP contribution in [0.2, 0.25) is 0 Å². The minimum Gasteiger partial charge on any atom is -0.357 e. The van der Waals surface area contributed by atoms with Gasteiger partial charge in [-0.3, -0.25) is 4.99 Å². The molecule has 0 aliphatic carbocycles. The van der Waals surface area contributed by atoms with Crippen LogP contribution in [-0.4, -0.2) is 70.1 Å². The van der Waals surface area contributed by atoms with Gasteiger partial charge in [-0.1, -0.05) is 0 Å². The van der Waals surface area contributed by atoms with Gasteiger partial charge in [0.2, 0.25) is 5.95 Å². The maximum Gasteiger partial charge on any atom is 0.225 e. The van der Waals surface area contributed by atoms with Gasteiger partial charge in [0.15, 0.2) is 5.96 Å². The minimum absolute atomic E-state index is 0. The van der Waals surface area contributed by atoms with Gasteiger partial charge in [0.05, 0.1) is 0 Å². The number of aromatic nitrogens is 4. The second-order valence-electron chi connectivity index (χ2n) is 6.72. The summed E-state index contributed by atoms with van der Waals surface area (Å²) < 4.78 is 0. The van der Waals surface area contributed by atoms with Gasteiger partial charge in [0.25, 0.3) is 0 Å². The van der Waals surface area contributed by atoms with Crippen LogP contribution in [0.3, 0.4) is 0 Å². The van der Waals surface area contributed by atoms with Crippen molar-refractivity contribution in [1.82, 2.24) is 30.2 Å². The summed E-state index contributed by atoms with van der Waals surface area (Å²) in [4.78, 5) is 25.7. The number of aliphatic imine (C=N–C) groups is 1. The molecular formula is C20H27IN8. The predicted octanol–water partition coefficient (Wildman–Crippen LogP) is 2.30. The van der Waals surface area contributed by atoms with Gasteiger partial charge in [-0.2, -0.15) is 0 Å². The van der Waals surface area contributed by atoms with Gasteiger partial charge in [0, 0.05) is 69.4 Å². The summed E-state index contributed by atoms with van der Waals surface area (Å²) in [6.45, 7) is 7.30. The fourth-order valence-electron chi connectivity index (χ4n) is 3.50. The van der Waals surface area contributed by atoms with Crippen LogP contribution in [0.1, 0.15) is 12.5 Å². The van der Waals surface area contributed by atoms with Crippen molar-refractivity contribution < 1.29 is 0 Å². The van der Waals surface area contributed by atoms with Gasteiger partial charge in [-0.15, -0.1) is 24.0 Å². The molecule has 3 aromatic heterocycles. The molecule has 0 aromatic carbocycles. The van der Waals surface area contributed by atoms with Crippen LogP contribution in [-0.2, 0) is 6.42 Å². The van der Waals surface area contributed by atoms with Crippen molar-refractivity contribution in [2.75, 3.05) is 44.2 Å². The van der Waals surface area contributed by atoms with Crippen molar-refractivity contribution in [2.45, 2.75) is 13.3 Å². The van der Waals surface area contributed by atoms with Crippen molar-refractivity contribution in [3.05, 3.63) is 48.5 Å². The second-order valence-corrected chi connectivity index (χ2v) is 6.72. The Morgan fingerprint density at radius 2 is 1.86 bits per heavy atom. The number of fused-ring (bicyclic) bond motifs is 1. The fourth-order valence-corrected chi connectivity index (χ4v) is 3.50. The third-order valence-corrected chi connectivity index (χ3v) is 4.93. The fraction of sp³-hybridized carbons (Fsp3) is 0.400. The molecule has 4 rings (SSSR count). The summed E-state index contributed by atoms with van der Waals surface area (Å²) in [5.74, 6) is 1.78. The van der Waals surface area contributed by atoms with Crippen LogP contribution >= 0.6 is 24.0 Å². The Balaban J connectivity index is 0.00000240. The summed E-state index contributed by atoms with van der Waals surface area (Å²) in [7, 11) is 0. The van der Waals surface area contributed by atoms with E-state index in [2.05, 4.69) is 48.0 Å². The highest BCUT2D eigenvalue weighted by Gasteiger charge is 2.21. The Labute approximate surface area is 187 Å². The van der Waals surface area contributed by atoms with Crippen molar-refractivity contribution in [3.63, 3.8) is 0 Å². The monoisotopic (exact) mass is 506 g/mol. The molecule has 0 bridgehead atoms. The first kappa shape index (κ1) is 21.3. The molecule has 0 atom stereocenters. The van der Waals surface area contributed by atoms with E-state index < -0.39 is 0 Å². The van der Waals surface area contributed by atoms with E-state index >= 15 is 0 Å². The molecule has 0 saturated carbocycles. The highest BCUT2D eigenvalue weighted by molar-refractivity contribution is 14.0. The molecule has 2 N–H and O–H groups in total. The van der Waals surface area contributed by atoms with E-state index in [0.717, 1.165) is 63.2 Å². The summed E-state index contributed by atoms with van der Waals surface area (Å²) in [6.07, 6.45) is 8.32. The van der Waals surface area contributed by atoms with Crippen molar-refractivity contribution in [1.29, 1.82) is 0 Å². The molecule has 1 saturated heterocycles. The number of aromatic amines is 1. The minimum atomic E-state index is 0. The number of H-pyrrole nitrogens is 1. The predicted molar refractivity (Wildman–Crippen MR) is 127 cm³/mol. The van der Waals surface area contributed by atoms with E-state index in [-0.39, 0.29) is 24.0 Å². The standard InChI is InChI=1S/C20H26N8.HI/c1-2-21-19(25-10-6-16-15-26-18-17(16)5-3-7-22-18)27-11-13-28(14-12-27)20-23-8-4-9-24-20;/h3-5,7-9,15H,2,6,10-14H2,1H3,(H,21,25)(H,22,26);1H. The lowest BCUT2D eigenvalue weighted by atomic mass is 10.1. The summed E-state index contributed by atoms with van der Waals surface area (Å²) in [5, 5.41) is 4.61. The molecule has 3 aromatic rings. The lowest BCUT2D eigenvalue weighted by Gasteiger charge is -2.36. The van der Waals surface area contributed by atoms with Crippen LogP contribution in [0.4, 0.5) is 5.95 Å². The first-order valence-electron chi connectivity index (χ1n) is 9.81. The first-order chi connectivity index (χ1) is 13.8. The lowest BCUT2D eigenvalue weighted by molar-refractivity contribution is 0.370. The number of hydrogen-bond acceptors (Lipinski definition) is 5. The zero-order chi connectivity index (χ0) is 19.2. The molecule has 0 radical (unpaired) electrons. The number of nitrogens with one attached hydrogen (secondary N) is 2. The molecule has 8 nitrogen and oxygen atoms in total. The molecule has 0 spiro atoms. The molecule has 9 heteroatoms. The van der Waals surface area contributed by atoms with Gasteiger partial charge in [-0.25, -0.2) is 15.0 Å². The Morgan fingerprint density at radius 1 is 1.10 bits per heavy atom. The third-order valence-electron chi connectivity index (χ3n) is 4.93. The maximum absolute atomic E-state index is 4.86. The van der Waals surface area contributed by atoms with Gasteiger partial charge >= 0.3 is 0 Å². The first-order valence-corrected chi connectivity index (χ1v) is 9.81. The normalized spacial score (nSPS) is 14.7. The number of hydrogen-bond donors (Lipinski definition) is 2. The van der Waals surface area contributed by atoms with Crippen LogP contribution in [0.25, 0.3) is 11.0 Å². The van der Waals surface area contributed by atoms with E-state index in [4.69, 9.17) is 4.99 Å². The Hall–Kier alpha value is -2.43. The molecule has 1 aliphatic heterocycles. The van der Waals surface area contributed by atoms with Crippen LogP contribution in [0.5, 0.6) is 0 Å². The van der Waals surface area contributed by atoms with E-state index in [9.17, 15) is 0 Å². The van der Waals surface area contributed by atoms with Crippen LogP contribution < -0.4 is 10.2 Å². The number of nitrogens with zero attached hydrogens (tertiary/aromatic N) is 6. The number of pyridine rings is 1. The second kappa shape index (κ2) is 10.4. The van der Waals surface area contributed by atoms with E-state index in [1.54, 1.807) is 12.4 Å². The molecule has 4 heterocycles. The quantitative estimate of drug-likeness (QED) is 0.314. The molecule has 154 valence electrons. The molecule has 1 aliphatic rings. The van der Waals surface area contributed by atoms with E-state index in [1.807, 2.05) is 24.5 Å². The number of rotatable bonds is 5. The maximum atomic E-state index is 4.86. The van der Waals surface area contributed by atoms with Crippen molar-refractivity contribution in [2.24, 2.45) is 4.99 Å². The highest BCUT2D eigenvalue weighted by atomic mass is 127. The summed E-state index contributed by atoms with van der Waals surface area (Å²) >= 11 is 0. The van der Waals surface area contributed by atoms with Crippen LogP contribution in [0, 0.1) is 0 Å². The number of halogens is 1. The summed E-state index contributed by atoms with van der Waals surface area (Å²) in [5.41, 5.74) is 2.20. The Morgan fingerprint density at radius 3 is 2.62 bits per heavy atom. The summed E-state index contributed by atoms with van der Waals surface area (Å²) in [6, 6.07) is 5.93. The molecule has 0 amide bonds. The largest absolute Gasteiger partial charge is 0.357 e. The van der Waals surface area contributed by atoms with Crippen molar-refractivity contribution in [3.8, 4) is 0 Å². The van der Waals surface area contributed by atoms with Gasteiger partial charge < -0.3 is 20.1 Å². The molecule has 0 unspecified atom stereocenters. The molecule has 29 heavy (non-hydrogen) atoms. The Bertz CT molecular complexity index is 918. The van der Waals surface area contributed by atoms with Gasteiger partial charge in [-0.05, 0) is 37.1 Å². The van der Waals surface area contributed by atoms with E-state index in [1.165, 1.54) is 10.9 Å². The number of piperazine rings is 1. The smallest absolute Gasteiger partial charge is 0.225 e. The number of anilines is 1. The van der Waals surface area contributed by atoms with E-state index in [0.29, 0.717) is 0 Å². The average molecular weight is 506 g/mol. The zero-order valence-corrected chi connectivity index (χ0v) is 18.9. The van der Waals surface area contributed by atoms with Crippen LogP contribution in [0.15, 0.2) is 48.0 Å². The molecular weight excluding hydrogens is 479 g/mol. The number of guanidine groups is 1. The van der Waals surface area contributed by atoms with Gasteiger partial charge in [0.1, 0.15) is 5.65 Å². The average Bonchev–Trinajstić information content (AvgIpc) is 3.17. The highest BCUT2D eigenvalue weighted by Crippen LogP contribution is 2.16. The zero-order valence-electron chi connectivity index (χ0n) is 16.6. The molecule has 1 fully saturated rings. The third kappa shape index (κ3) is 5.14.